The van der Waals surface area contributed by atoms with Gasteiger partial charge in [0.2, 0.25) is 0 Å². The summed E-state index contributed by atoms with van der Waals surface area (Å²) in [5, 5.41) is 3.75. The van der Waals surface area contributed by atoms with Crippen LogP contribution in [0.3, 0.4) is 0 Å². The Labute approximate surface area is 102 Å². The average molecular weight is 223 g/mol. The maximum Gasteiger partial charge on any atom is 0.0132 e. The van der Waals surface area contributed by atoms with Crippen LogP contribution in [0.1, 0.15) is 66.2 Å². The molecule has 0 aromatic rings. The van der Waals surface area contributed by atoms with Crippen LogP contribution in [0.15, 0.2) is 12.7 Å². The normalized spacial score (nSPS) is 24.2. The van der Waals surface area contributed by atoms with Crippen molar-refractivity contribution in [1.29, 1.82) is 0 Å². The molecule has 16 heavy (non-hydrogen) atoms. The molecule has 0 aliphatic carbocycles. The SMILES string of the molecule is C=CCCCCC1CC(C)(C)NC(C)(C)C1. The molecule has 0 atom stereocenters. The van der Waals surface area contributed by atoms with Gasteiger partial charge >= 0.3 is 0 Å². The quantitative estimate of drug-likeness (QED) is 0.541. The van der Waals surface area contributed by atoms with Crippen LogP contribution in [0.25, 0.3) is 0 Å². The van der Waals surface area contributed by atoms with Gasteiger partial charge in [0.25, 0.3) is 0 Å². The van der Waals surface area contributed by atoms with E-state index in [-0.39, 0.29) is 0 Å². The van der Waals surface area contributed by atoms with Crippen LogP contribution in [-0.4, -0.2) is 11.1 Å². The third-order valence-corrected chi connectivity index (χ3v) is 3.55. The molecule has 94 valence electrons. The van der Waals surface area contributed by atoms with Gasteiger partial charge in [-0.15, -0.1) is 6.58 Å². The fourth-order valence-corrected chi connectivity index (χ4v) is 3.46. The van der Waals surface area contributed by atoms with Gasteiger partial charge < -0.3 is 5.32 Å². The van der Waals surface area contributed by atoms with Crippen molar-refractivity contribution in [2.75, 3.05) is 0 Å². The molecule has 1 aliphatic rings. The van der Waals surface area contributed by atoms with Crippen molar-refractivity contribution in [2.45, 2.75) is 77.3 Å². The van der Waals surface area contributed by atoms with Crippen molar-refractivity contribution in [3.63, 3.8) is 0 Å². The molecule has 0 saturated carbocycles. The highest BCUT2D eigenvalue weighted by Crippen LogP contribution is 2.35. The molecule has 0 spiro atoms. The maximum absolute atomic E-state index is 3.78. The minimum Gasteiger partial charge on any atom is -0.307 e. The molecule has 0 aromatic heterocycles. The Kier molecular flexibility index (Phi) is 4.61. The summed E-state index contributed by atoms with van der Waals surface area (Å²) in [5.74, 6) is 0.899. The van der Waals surface area contributed by atoms with E-state index in [1.165, 1.54) is 38.5 Å². The lowest BCUT2D eigenvalue weighted by Gasteiger charge is -2.46. The second-order valence-electron chi connectivity index (χ2n) is 6.74. The van der Waals surface area contributed by atoms with Crippen LogP contribution >= 0.6 is 0 Å². The van der Waals surface area contributed by atoms with Gasteiger partial charge in [-0.25, -0.2) is 0 Å². The zero-order valence-electron chi connectivity index (χ0n) is 11.6. The van der Waals surface area contributed by atoms with Gasteiger partial charge in [0.05, 0.1) is 0 Å². The van der Waals surface area contributed by atoms with Crippen LogP contribution in [0.4, 0.5) is 0 Å². The molecule has 1 fully saturated rings. The topological polar surface area (TPSA) is 12.0 Å². The van der Waals surface area contributed by atoms with Gasteiger partial charge in [0.1, 0.15) is 0 Å². The summed E-state index contributed by atoms with van der Waals surface area (Å²) in [5.41, 5.74) is 0.621. The van der Waals surface area contributed by atoms with Crippen molar-refractivity contribution < 1.29 is 0 Å². The average Bonchev–Trinajstić information content (AvgIpc) is 2.07. The Bertz CT molecular complexity index is 212. The molecule has 0 amide bonds. The third kappa shape index (κ3) is 4.69. The van der Waals surface area contributed by atoms with E-state index in [1.807, 2.05) is 6.08 Å². The summed E-state index contributed by atoms with van der Waals surface area (Å²) in [6, 6.07) is 0. The molecule has 1 heteroatoms. The number of nitrogens with one attached hydrogen (secondary N) is 1. The van der Waals surface area contributed by atoms with Gasteiger partial charge in [-0.2, -0.15) is 0 Å². The number of rotatable bonds is 5. The van der Waals surface area contributed by atoms with Crippen molar-refractivity contribution in [1.82, 2.24) is 5.32 Å². The van der Waals surface area contributed by atoms with E-state index in [4.69, 9.17) is 0 Å². The minimum atomic E-state index is 0.310. The molecule has 1 heterocycles. The highest BCUT2D eigenvalue weighted by atomic mass is 15.0. The summed E-state index contributed by atoms with van der Waals surface area (Å²) in [7, 11) is 0. The molecule has 1 saturated heterocycles. The summed E-state index contributed by atoms with van der Waals surface area (Å²) in [4.78, 5) is 0. The first-order valence-corrected chi connectivity index (χ1v) is 6.75. The lowest BCUT2D eigenvalue weighted by molar-refractivity contribution is 0.122. The van der Waals surface area contributed by atoms with Gasteiger partial charge in [-0.3, -0.25) is 0 Å². The number of hydrogen-bond acceptors (Lipinski definition) is 1. The zero-order valence-corrected chi connectivity index (χ0v) is 11.6. The third-order valence-electron chi connectivity index (χ3n) is 3.55. The Morgan fingerprint density at radius 2 is 1.69 bits per heavy atom. The first-order chi connectivity index (χ1) is 7.35. The zero-order chi connectivity index (χ0) is 12.2. The molecular weight excluding hydrogens is 194 g/mol. The Hall–Kier alpha value is -0.300. The first-order valence-electron chi connectivity index (χ1n) is 6.75. The molecule has 0 unspecified atom stereocenters. The number of hydrogen-bond donors (Lipinski definition) is 1. The predicted molar refractivity (Wildman–Crippen MR) is 72.7 cm³/mol. The Balaban J connectivity index is 2.39. The highest BCUT2D eigenvalue weighted by Gasteiger charge is 2.36. The maximum atomic E-state index is 3.78. The lowest BCUT2D eigenvalue weighted by atomic mass is 9.74. The second-order valence-corrected chi connectivity index (χ2v) is 6.74. The summed E-state index contributed by atoms with van der Waals surface area (Å²) in [6.07, 6.45) is 9.93. The van der Waals surface area contributed by atoms with E-state index >= 15 is 0 Å². The molecule has 0 radical (unpaired) electrons. The van der Waals surface area contributed by atoms with Gasteiger partial charge in [-0.1, -0.05) is 18.9 Å². The van der Waals surface area contributed by atoms with E-state index in [2.05, 4.69) is 39.6 Å². The number of unbranched alkanes of at least 4 members (excludes halogenated alkanes) is 2. The smallest absolute Gasteiger partial charge is 0.0132 e. The lowest BCUT2D eigenvalue weighted by Crippen LogP contribution is -2.57. The van der Waals surface area contributed by atoms with Crippen molar-refractivity contribution in [3.05, 3.63) is 12.7 Å². The highest BCUT2D eigenvalue weighted by molar-refractivity contribution is 4.96. The predicted octanol–water partition coefficient (Wildman–Crippen LogP) is 4.29. The van der Waals surface area contributed by atoms with E-state index in [0.29, 0.717) is 11.1 Å². The number of piperidine rings is 1. The van der Waals surface area contributed by atoms with E-state index < -0.39 is 0 Å². The van der Waals surface area contributed by atoms with E-state index in [1.54, 1.807) is 0 Å². The van der Waals surface area contributed by atoms with Gasteiger partial charge in [0.15, 0.2) is 0 Å². The molecule has 1 rings (SSSR count). The minimum absolute atomic E-state index is 0.310. The van der Waals surface area contributed by atoms with E-state index in [0.717, 1.165) is 5.92 Å². The van der Waals surface area contributed by atoms with Crippen LogP contribution in [0.2, 0.25) is 0 Å². The Morgan fingerprint density at radius 1 is 1.12 bits per heavy atom. The largest absolute Gasteiger partial charge is 0.307 e. The van der Waals surface area contributed by atoms with E-state index in [9.17, 15) is 0 Å². The van der Waals surface area contributed by atoms with Crippen molar-refractivity contribution in [3.8, 4) is 0 Å². The first kappa shape index (κ1) is 13.8. The molecule has 1 nitrogen and oxygen atoms in total. The molecule has 0 bridgehead atoms. The second kappa shape index (κ2) is 5.35. The van der Waals surface area contributed by atoms with Crippen LogP contribution in [0, 0.1) is 5.92 Å². The molecule has 1 aliphatic heterocycles. The standard InChI is InChI=1S/C15H29N/c1-6-7-8-9-10-13-11-14(2,3)16-15(4,5)12-13/h6,13,16H,1,7-12H2,2-5H3. The molecular formula is C15H29N. The summed E-state index contributed by atoms with van der Waals surface area (Å²) >= 11 is 0. The van der Waals surface area contributed by atoms with Gasteiger partial charge in [-0.05, 0) is 59.3 Å². The van der Waals surface area contributed by atoms with Crippen molar-refractivity contribution >= 4 is 0 Å². The van der Waals surface area contributed by atoms with Gasteiger partial charge in [0, 0.05) is 11.1 Å². The molecule has 0 aromatic carbocycles. The van der Waals surface area contributed by atoms with Crippen LogP contribution in [-0.2, 0) is 0 Å². The Morgan fingerprint density at radius 3 is 2.19 bits per heavy atom. The van der Waals surface area contributed by atoms with Crippen molar-refractivity contribution in [2.24, 2.45) is 5.92 Å². The summed E-state index contributed by atoms with van der Waals surface area (Å²) in [6.45, 7) is 13.1. The van der Waals surface area contributed by atoms with Crippen LogP contribution in [0.5, 0.6) is 0 Å². The monoisotopic (exact) mass is 223 g/mol. The fourth-order valence-electron chi connectivity index (χ4n) is 3.46. The fraction of sp³-hybridized carbons (Fsp3) is 0.867. The number of allylic oxidation sites excluding steroid dienone is 1. The van der Waals surface area contributed by atoms with Crippen LogP contribution < -0.4 is 5.32 Å². The summed E-state index contributed by atoms with van der Waals surface area (Å²) < 4.78 is 0. The molecule has 1 N–H and O–H groups in total.